The number of carboxylic acid groups (broad SMARTS) is 1. The van der Waals surface area contributed by atoms with Crippen molar-refractivity contribution < 1.29 is 19.5 Å². The lowest BCUT2D eigenvalue weighted by Crippen LogP contribution is -2.43. The van der Waals surface area contributed by atoms with E-state index in [2.05, 4.69) is 5.32 Å². The van der Waals surface area contributed by atoms with Crippen LogP contribution >= 0.6 is 0 Å². The van der Waals surface area contributed by atoms with Crippen molar-refractivity contribution in [2.24, 2.45) is 0 Å². The molecular weight excluding hydrogens is 200 g/mol. The van der Waals surface area contributed by atoms with Gasteiger partial charge < -0.3 is 15.3 Å². The first-order valence-electron chi connectivity index (χ1n) is 4.77. The van der Waals surface area contributed by atoms with Gasteiger partial charge in [0, 0.05) is 20.0 Å². The molecule has 1 aliphatic heterocycles. The second kappa shape index (κ2) is 4.77. The molecule has 0 aliphatic carbocycles. The lowest BCUT2D eigenvalue weighted by Gasteiger charge is -2.19. The number of hydrogen-bond donors (Lipinski definition) is 2. The lowest BCUT2D eigenvalue weighted by atomic mass is 10.2. The minimum atomic E-state index is -0.940. The summed E-state index contributed by atoms with van der Waals surface area (Å²) < 4.78 is 0. The van der Waals surface area contributed by atoms with Gasteiger partial charge in [0.1, 0.15) is 6.04 Å². The highest BCUT2D eigenvalue weighted by molar-refractivity contribution is 5.90. The Morgan fingerprint density at radius 1 is 1.60 bits per heavy atom. The average molecular weight is 214 g/mol. The van der Waals surface area contributed by atoms with Gasteiger partial charge in [-0.25, -0.2) is 0 Å². The highest BCUT2D eigenvalue weighted by Gasteiger charge is 2.29. The summed E-state index contributed by atoms with van der Waals surface area (Å²) in [4.78, 5) is 34.1. The predicted octanol–water partition coefficient (Wildman–Crippen LogP) is -0.802. The van der Waals surface area contributed by atoms with Crippen molar-refractivity contribution in [3.63, 3.8) is 0 Å². The summed E-state index contributed by atoms with van der Waals surface area (Å²) in [5.74, 6) is -1.29. The normalized spacial score (nSPS) is 19.8. The Labute approximate surface area is 87.2 Å². The van der Waals surface area contributed by atoms with Crippen LogP contribution in [0.4, 0.5) is 0 Å². The van der Waals surface area contributed by atoms with Gasteiger partial charge in [-0.05, 0) is 6.42 Å². The monoisotopic (exact) mass is 214 g/mol. The first kappa shape index (κ1) is 11.5. The summed E-state index contributed by atoms with van der Waals surface area (Å²) in [6.45, 7) is 0.167. The predicted molar refractivity (Wildman–Crippen MR) is 51.1 cm³/mol. The molecule has 0 spiro atoms. The maximum absolute atomic E-state index is 11.6. The summed E-state index contributed by atoms with van der Waals surface area (Å²) in [7, 11) is 1.54. The minimum absolute atomic E-state index is 0.0804. The van der Waals surface area contributed by atoms with Gasteiger partial charge >= 0.3 is 5.97 Å². The lowest BCUT2D eigenvalue weighted by molar-refractivity contribution is -0.138. The second-order valence-corrected chi connectivity index (χ2v) is 3.56. The third-order valence-electron chi connectivity index (χ3n) is 2.33. The fraction of sp³-hybridized carbons (Fsp3) is 0.667. The molecule has 0 bridgehead atoms. The molecule has 1 rings (SSSR count). The Hall–Kier alpha value is -1.59. The quantitative estimate of drug-likeness (QED) is 0.641. The number of aliphatic carboxylic acids is 1. The van der Waals surface area contributed by atoms with E-state index in [1.54, 1.807) is 0 Å². The molecule has 84 valence electrons. The molecule has 0 aromatic heterocycles. The molecule has 1 unspecified atom stereocenters. The van der Waals surface area contributed by atoms with E-state index in [0.717, 1.165) is 0 Å². The van der Waals surface area contributed by atoms with E-state index in [9.17, 15) is 14.4 Å². The number of hydrogen-bond acceptors (Lipinski definition) is 3. The Morgan fingerprint density at radius 3 is 2.73 bits per heavy atom. The fourth-order valence-electron chi connectivity index (χ4n) is 1.44. The van der Waals surface area contributed by atoms with Gasteiger partial charge in [0.2, 0.25) is 11.8 Å². The zero-order valence-corrected chi connectivity index (χ0v) is 8.52. The standard InChI is InChI=1S/C9H14N2O4/c1-11(5-4-8(13)14)9(15)6-2-3-7(12)10-6/h6H,2-5H2,1H3,(H,10,12)(H,13,14). The van der Waals surface area contributed by atoms with Crippen molar-refractivity contribution in [2.45, 2.75) is 25.3 Å². The van der Waals surface area contributed by atoms with Gasteiger partial charge in [0.25, 0.3) is 0 Å². The number of carbonyl (C=O) groups excluding carboxylic acids is 2. The Kier molecular flexibility index (Phi) is 3.65. The molecule has 15 heavy (non-hydrogen) atoms. The zero-order chi connectivity index (χ0) is 11.4. The molecule has 1 aliphatic rings. The van der Waals surface area contributed by atoms with Crippen molar-refractivity contribution in [3.8, 4) is 0 Å². The number of nitrogens with zero attached hydrogens (tertiary/aromatic N) is 1. The first-order chi connectivity index (χ1) is 7.00. The van der Waals surface area contributed by atoms with Crippen molar-refractivity contribution >= 4 is 17.8 Å². The van der Waals surface area contributed by atoms with E-state index in [4.69, 9.17) is 5.11 Å². The van der Waals surface area contributed by atoms with Crippen LogP contribution in [0.15, 0.2) is 0 Å². The number of likely N-dealkylation sites (N-methyl/N-ethyl adjacent to an activating group) is 1. The van der Waals surface area contributed by atoms with Crippen LogP contribution in [0.25, 0.3) is 0 Å². The van der Waals surface area contributed by atoms with Crippen LogP contribution in [0.2, 0.25) is 0 Å². The summed E-state index contributed by atoms with van der Waals surface area (Å²) in [5, 5.41) is 11.0. The zero-order valence-electron chi connectivity index (χ0n) is 8.52. The maximum atomic E-state index is 11.6. The maximum Gasteiger partial charge on any atom is 0.305 e. The summed E-state index contributed by atoms with van der Waals surface area (Å²) in [6.07, 6.45) is 0.779. The highest BCUT2D eigenvalue weighted by Crippen LogP contribution is 2.09. The summed E-state index contributed by atoms with van der Waals surface area (Å²) >= 11 is 0. The largest absolute Gasteiger partial charge is 0.481 e. The van der Waals surface area contributed by atoms with Crippen molar-refractivity contribution in [1.82, 2.24) is 10.2 Å². The SMILES string of the molecule is CN(CCC(=O)O)C(=O)C1CCC(=O)N1. The molecule has 0 aromatic rings. The third-order valence-corrected chi connectivity index (χ3v) is 2.33. The van der Waals surface area contributed by atoms with Crippen LogP contribution in [0, 0.1) is 0 Å². The highest BCUT2D eigenvalue weighted by atomic mass is 16.4. The van der Waals surface area contributed by atoms with E-state index < -0.39 is 12.0 Å². The van der Waals surface area contributed by atoms with E-state index >= 15 is 0 Å². The Bertz CT molecular complexity index is 290. The third kappa shape index (κ3) is 3.23. The van der Waals surface area contributed by atoms with Crippen molar-refractivity contribution in [2.75, 3.05) is 13.6 Å². The smallest absolute Gasteiger partial charge is 0.305 e. The molecule has 0 aromatic carbocycles. The topological polar surface area (TPSA) is 86.7 Å². The summed E-state index contributed by atoms with van der Waals surface area (Å²) in [6, 6.07) is -0.476. The number of amides is 2. The van der Waals surface area contributed by atoms with E-state index in [0.29, 0.717) is 12.8 Å². The van der Waals surface area contributed by atoms with Gasteiger partial charge in [-0.2, -0.15) is 0 Å². The minimum Gasteiger partial charge on any atom is -0.481 e. The second-order valence-electron chi connectivity index (χ2n) is 3.56. The molecule has 2 N–H and O–H groups in total. The van der Waals surface area contributed by atoms with E-state index in [1.807, 2.05) is 0 Å². The van der Waals surface area contributed by atoms with Crippen LogP contribution in [0.1, 0.15) is 19.3 Å². The number of carbonyl (C=O) groups is 3. The Morgan fingerprint density at radius 2 is 2.27 bits per heavy atom. The molecule has 0 radical (unpaired) electrons. The molecule has 1 atom stereocenters. The van der Waals surface area contributed by atoms with Gasteiger partial charge in [-0.3, -0.25) is 14.4 Å². The van der Waals surface area contributed by atoms with E-state index in [1.165, 1.54) is 11.9 Å². The molecule has 0 saturated carbocycles. The van der Waals surface area contributed by atoms with Crippen LogP contribution < -0.4 is 5.32 Å². The average Bonchev–Trinajstić information content (AvgIpc) is 2.60. The number of carboxylic acids is 1. The fourth-order valence-corrected chi connectivity index (χ4v) is 1.44. The molecule has 1 fully saturated rings. The van der Waals surface area contributed by atoms with Crippen molar-refractivity contribution in [3.05, 3.63) is 0 Å². The number of nitrogens with one attached hydrogen (secondary N) is 1. The van der Waals surface area contributed by atoms with Gasteiger partial charge in [-0.15, -0.1) is 0 Å². The van der Waals surface area contributed by atoms with Crippen LogP contribution in [0.5, 0.6) is 0 Å². The van der Waals surface area contributed by atoms with E-state index in [-0.39, 0.29) is 24.8 Å². The first-order valence-corrected chi connectivity index (χ1v) is 4.77. The van der Waals surface area contributed by atoms with Gasteiger partial charge in [0.15, 0.2) is 0 Å². The Balaban J connectivity index is 2.39. The molecule has 1 saturated heterocycles. The van der Waals surface area contributed by atoms with Crippen molar-refractivity contribution in [1.29, 1.82) is 0 Å². The molecule has 2 amide bonds. The van der Waals surface area contributed by atoms with Crippen LogP contribution in [-0.4, -0.2) is 47.4 Å². The summed E-state index contributed by atoms with van der Waals surface area (Å²) in [5.41, 5.74) is 0. The van der Waals surface area contributed by atoms with Crippen LogP contribution in [-0.2, 0) is 14.4 Å². The molecule has 6 heteroatoms. The van der Waals surface area contributed by atoms with Gasteiger partial charge in [-0.1, -0.05) is 0 Å². The molecule has 6 nitrogen and oxygen atoms in total. The molecule has 1 heterocycles. The molecular formula is C9H14N2O4. The van der Waals surface area contributed by atoms with Crippen LogP contribution in [0.3, 0.4) is 0 Å². The van der Waals surface area contributed by atoms with Gasteiger partial charge in [0.05, 0.1) is 6.42 Å². The number of rotatable bonds is 4.